The molecule has 0 spiro atoms. The second kappa shape index (κ2) is 7.02. The molecular weight excluding hydrogens is 254 g/mol. The zero-order valence-corrected chi connectivity index (χ0v) is 12.4. The molecule has 0 radical (unpaired) electrons. The molecule has 2 rings (SSSR count). The number of hydrogen-bond donors (Lipinski definition) is 3. The molecular formula is C15H25N3O2. The van der Waals surface area contributed by atoms with Crippen LogP contribution in [0, 0.1) is 6.92 Å². The summed E-state index contributed by atoms with van der Waals surface area (Å²) in [6.07, 6.45) is 4.14. The fourth-order valence-corrected chi connectivity index (χ4v) is 2.92. The van der Waals surface area contributed by atoms with Crippen LogP contribution in [0.4, 0.5) is 0 Å². The van der Waals surface area contributed by atoms with Crippen molar-refractivity contribution < 1.29 is 10.2 Å². The van der Waals surface area contributed by atoms with Crippen LogP contribution in [0.15, 0.2) is 6.20 Å². The molecule has 0 bridgehead atoms. The predicted molar refractivity (Wildman–Crippen MR) is 78.5 cm³/mol. The van der Waals surface area contributed by atoms with Crippen molar-refractivity contribution in [2.45, 2.75) is 45.9 Å². The third-order valence-electron chi connectivity index (χ3n) is 4.19. The first-order chi connectivity index (χ1) is 9.67. The molecule has 20 heavy (non-hydrogen) atoms. The second-order valence-electron chi connectivity index (χ2n) is 5.41. The van der Waals surface area contributed by atoms with Gasteiger partial charge in [-0.2, -0.15) is 0 Å². The first-order valence-corrected chi connectivity index (χ1v) is 7.39. The maximum absolute atomic E-state index is 10.1. The SMILES string of the molecule is CCN1CCCC1CNCc1c(CO)cnc(C)c1O. The Hall–Kier alpha value is -1.17. The Morgan fingerprint density at radius 1 is 1.50 bits per heavy atom. The van der Waals surface area contributed by atoms with Crippen molar-refractivity contribution >= 4 is 0 Å². The molecule has 1 fully saturated rings. The van der Waals surface area contributed by atoms with E-state index in [1.165, 1.54) is 19.4 Å². The summed E-state index contributed by atoms with van der Waals surface area (Å²) >= 11 is 0. The van der Waals surface area contributed by atoms with E-state index in [1.54, 1.807) is 13.1 Å². The van der Waals surface area contributed by atoms with Gasteiger partial charge in [-0.05, 0) is 32.9 Å². The second-order valence-corrected chi connectivity index (χ2v) is 5.41. The fraction of sp³-hybridized carbons (Fsp3) is 0.667. The molecule has 1 unspecified atom stereocenters. The standard InChI is InChI=1S/C15H25N3O2/c1-3-18-6-4-5-13(18)8-16-9-14-12(10-19)7-17-11(2)15(14)20/h7,13,16,19-20H,3-6,8-10H2,1-2H3. The molecule has 1 atom stereocenters. The van der Waals surface area contributed by atoms with Crippen LogP contribution in [0.5, 0.6) is 5.75 Å². The van der Waals surface area contributed by atoms with Crippen LogP contribution in [-0.2, 0) is 13.2 Å². The van der Waals surface area contributed by atoms with Crippen LogP contribution in [-0.4, -0.2) is 45.8 Å². The van der Waals surface area contributed by atoms with Gasteiger partial charge in [0.25, 0.3) is 0 Å². The van der Waals surface area contributed by atoms with E-state index in [2.05, 4.69) is 22.1 Å². The Bertz CT molecular complexity index is 451. The van der Waals surface area contributed by atoms with Gasteiger partial charge in [0.05, 0.1) is 12.3 Å². The van der Waals surface area contributed by atoms with Gasteiger partial charge < -0.3 is 15.5 Å². The summed E-state index contributed by atoms with van der Waals surface area (Å²) in [5.41, 5.74) is 2.07. The number of nitrogens with one attached hydrogen (secondary N) is 1. The van der Waals surface area contributed by atoms with Gasteiger partial charge in [0.15, 0.2) is 0 Å². The molecule has 1 aromatic heterocycles. The maximum Gasteiger partial charge on any atom is 0.141 e. The minimum absolute atomic E-state index is 0.0949. The highest BCUT2D eigenvalue weighted by atomic mass is 16.3. The van der Waals surface area contributed by atoms with E-state index in [4.69, 9.17) is 0 Å². The minimum Gasteiger partial charge on any atom is -0.506 e. The predicted octanol–water partition coefficient (Wildman–Crippen LogP) is 1.16. The van der Waals surface area contributed by atoms with E-state index in [0.717, 1.165) is 18.7 Å². The van der Waals surface area contributed by atoms with Crippen molar-refractivity contribution in [3.05, 3.63) is 23.0 Å². The summed E-state index contributed by atoms with van der Waals surface area (Å²) < 4.78 is 0. The van der Waals surface area contributed by atoms with E-state index >= 15 is 0 Å². The Labute approximate surface area is 120 Å². The minimum atomic E-state index is -0.0949. The summed E-state index contributed by atoms with van der Waals surface area (Å²) in [5.74, 6) is 0.197. The van der Waals surface area contributed by atoms with Crippen molar-refractivity contribution in [2.24, 2.45) is 0 Å². The molecule has 1 saturated heterocycles. The van der Waals surface area contributed by atoms with Crippen LogP contribution in [0.25, 0.3) is 0 Å². The number of nitrogens with zero attached hydrogens (tertiary/aromatic N) is 2. The highest BCUT2D eigenvalue weighted by Crippen LogP contribution is 2.24. The van der Waals surface area contributed by atoms with Crippen molar-refractivity contribution in [3.63, 3.8) is 0 Å². The van der Waals surface area contributed by atoms with Crippen LogP contribution in [0.3, 0.4) is 0 Å². The zero-order chi connectivity index (χ0) is 14.5. The van der Waals surface area contributed by atoms with Crippen molar-refractivity contribution in [1.82, 2.24) is 15.2 Å². The summed E-state index contributed by atoms with van der Waals surface area (Å²) in [6.45, 7) is 7.63. The average molecular weight is 279 g/mol. The number of likely N-dealkylation sites (N-methyl/N-ethyl adjacent to an activating group) is 1. The Kier molecular flexibility index (Phi) is 5.34. The van der Waals surface area contributed by atoms with Gasteiger partial charge in [0.2, 0.25) is 0 Å². The quantitative estimate of drug-likeness (QED) is 0.729. The van der Waals surface area contributed by atoms with Crippen LogP contribution >= 0.6 is 0 Å². The number of aliphatic hydroxyl groups excluding tert-OH is 1. The molecule has 0 aromatic carbocycles. The van der Waals surface area contributed by atoms with Gasteiger partial charge in [-0.1, -0.05) is 6.92 Å². The Balaban J connectivity index is 1.95. The Morgan fingerprint density at radius 2 is 2.30 bits per heavy atom. The van der Waals surface area contributed by atoms with Crippen LogP contribution < -0.4 is 5.32 Å². The van der Waals surface area contributed by atoms with Gasteiger partial charge in [0, 0.05) is 36.5 Å². The normalized spacial score (nSPS) is 19.6. The van der Waals surface area contributed by atoms with Crippen molar-refractivity contribution in [1.29, 1.82) is 0 Å². The third kappa shape index (κ3) is 3.29. The number of rotatable bonds is 6. The topological polar surface area (TPSA) is 68.6 Å². The number of likely N-dealkylation sites (tertiary alicyclic amines) is 1. The first-order valence-electron chi connectivity index (χ1n) is 7.39. The number of aromatic nitrogens is 1. The largest absolute Gasteiger partial charge is 0.506 e. The molecule has 0 saturated carbocycles. The lowest BCUT2D eigenvalue weighted by Crippen LogP contribution is -2.37. The number of aromatic hydroxyl groups is 1. The number of hydrogen-bond acceptors (Lipinski definition) is 5. The van der Waals surface area contributed by atoms with Gasteiger partial charge in [0.1, 0.15) is 5.75 Å². The lowest BCUT2D eigenvalue weighted by atomic mass is 10.1. The lowest BCUT2D eigenvalue weighted by Gasteiger charge is -2.23. The van der Waals surface area contributed by atoms with E-state index in [-0.39, 0.29) is 12.4 Å². The molecule has 1 aromatic rings. The molecule has 0 amide bonds. The summed E-state index contributed by atoms with van der Waals surface area (Å²) in [7, 11) is 0. The fourth-order valence-electron chi connectivity index (χ4n) is 2.92. The van der Waals surface area contributed by atoms with E-state index in [0.29, 0.717) is 23.8 Å². The van der Waals surface area contributed by atoms with Crippen LogP contribution in [0.1, 0.15) is 36.6 Å². The highest BCUT2D eigenvalue weighted by Gasteiger charge is 2.22. The highest BCUT2D eigenvalue weighted by molar-refractivity contribution is 5.40. The zero-order valence-electron chi connectivity index (χ0n) is 12.4. The average Bonchev–Trinajstić information content (AvgIpc) is 2.91. The van der Waals surface area contributed by atoms with Gasteiger partial charge in [-0.15, -0.1) is 0 Å². The summed E-state index contributed by atoms with van der Waals surface area (Å²) in [4.78, 5) is 6.56. The number of pyridine rings is 1. The number of aliphatic hydroxyl groups is 1. The van der Waals surface area contributed by atoms with E-state index in [1.807, 2.05) is 0 Å². The van der Waals surface area contributed by atoms with Crippen LogP contribution in [0.2, 0.25) is 0 Å². The molecule has 1 aliphatic rings. The van der Waals surface area contributed by atoms with Gasteiger partial charge in [-0.25, -0.2) is 0 Å². The van der Waals surface area contributed by atoms with E-state index < -0.39 is 0 Å². The molecule has 5 nitrogen and oxygen atoms in total. The van der Waals surface area contributed by atoms with E-state index in [9.17, 15) is 10.2 Å². The first kappa shape index (κ1) is 15.2. The molecule has 0 aliphatic carbocycles. The molecule has 112 valence electrons. The van der Waals surface area contributed by atoms with Gasteiger partial charge >= 0.3 is 0 Å². The third-order valence-corrected chi connectivity index (χ3v) is 4.19. The van der Waals surface area contributed by atoms with Crippen molar-refractivity contribution in [3.8, 4) is 5.75 Å². The molecule has 2 heterocycles. The Morgan fingerprint density at radius 3 is 3.00 bits per heavy atom. The molecule has 1 aliphatic heterocycles. The summed E-state index contributed by atoms with van der Waals surface area (Å²) in [5, 5.41) is 22.8. The smallest absolute Gasteiger partial charge is 0.141 e. The van der Waals surface area contributed by atoms with Gasteiger partial charge in [-0.3, -0.25) is 9.88 Å². The molecule has 3 N–H and O–H groups in total. The number of aryl methyl sites for hydroxylation is 1. The lowest BCUT2D eigenvalue weighted by molar-refractivity contribution is 0.258. The maximum atomic E-state index is 10.1. The molecule has 5 heteroatoms. The van der Waals surface area contributed by atoms with Crippen molar-refractivity contribution in [2.75, 3.05) is 19.6 Å². The summed E-state index contributed by atoms with van der Waals surface area (Å²) in [6, 6.07) is 0.586. The monoisotopic (exact) mass is 279 g/mol.